The maximum absolute atomic E-state index is 11.8. The highest BCUT2D eigenvalue weighted by molar-refractivity contribution is 7.09. The number of aromatic nitrogens is 1. The van der Waals surface area contributed by atoms with Crippen LogP contribution in [-0.4, -0.2) is 49.1 Å². The Morgan fingerprint density at radius 1 is 1.55 bits per heavy atom. The first kappa shape index (κ1) is 15.4. The Morgan fingerprint density at radius 2 is 2.30 bits per heavy atom. The quantitative estimate of drug-likeness (QED) is 0.813. The van der Waals surface area contributed by atoms with Crippen LogP contribution < -0.4 is 5.32 Å². The fourth-order valence-corrected chi connectivity index (χ4v) is 3.07. The standard InChI is InChI=1S/C14H23N3O2S/c1-11-3-6-17(7-4-11)9-13-16-12(10-20-13)14(18)15-5-8-19-2/h10-11H,3-9H2,1-2H3,(H,15,18). The Bertz CT molecular complexity index is 428. The van der Waals surface area contributed by atoms with Gasteiger partial charge in [-0.3, -0.25) is 9.69 Å². The number of hydrogen-bond acceptors (Lipinski definition) is 5. The smallest absolute Gasteiger partial charge is 0.270 e. The van der Waals surface area contributed by atoms with Crippen LogP contribution in [0.2, 0.25) is 0 Å². The van der Waals surface area contributed by atoms with Gasteiger partial charge in [-0.25, -0.2) is 4.98 Å². The van der Waals surface area contributed by atoms with Crippen molar-refractivity contribution in [2.75, 3.05) is 33.4 Å². The van der Waals surface area contributed by atoms with Gasteiger partial charge in [0.05, 0.1) is 13.2 Å². The number of piperidine rings is 1. The first-order valence-corrected chi connectivity index (χ1v) is 8.01. The van der Waals surface area contributed by atoms with Gasteiger partial charge < -0.3 is 10.1 Å². The summed E-state index contributed by atoms with van der Waals surface area (Å²) in [7, 11) is 1.62. The van der Waals surface area contributed by atoms with Crippen molar-refractivity contribution in [3.63, 3.8) is 0 Å². The molecule has 1 fully saturated rings. The largest absolute Gasteiger partial charge is 0.383 e. The summed E-state index contributed by atoms with van der Waals surface area (Å²) in [6, 6.07) is 0. The van der Waals surface area contributed by atoms with Gasteiger partial charge in [0, 0.05) is 19.0 Å². The van der Waals surface area contributed by atoms with Crippen molar-refractivity contribution in [2.45, 2.75) is 26.3 Å². The molecule has 0 spiro atoms. The number of rotatable bonds is 6. The third-order valence-electron chi connectivity index (χ3n) is 3.61. The maximum atomic E-state index is 11.8. The van der Waals surface area contributed by atoms with Crippen LogP contribution in [0.5, 0.6) is 0 Å². The molecule has 1 saturated heterocycles. The third kappa shape index (κ3) is 4.54. The second kappa shape index (κ2) is 7.71. The first-order chi connectivity index (χ1) is 9.69. The Balaban J connectivity index is 1.81. The lowest BCUT2D eigenvalue weighted by Crippen LogP contribution is -2.32. The second-order valence-corrected chi connectivity index (χ2v) is 6.28. The summed E-state index contributed by atoms with van der Waals surface area (Å²) in [5, 5.41) is 5.65. The van der Waals surface area contributed by atoms with E-state index in [0.29, 0.717) is 18.8 Å². The van der Waals surface area contributed by atoms with Crippen LogP contribution in [0.25, 0.3) is 0 Å². The summed E-state index contributed by atoms with van der Waals surface area (Å²) in [5.41, 5.74) is 0.520. The highest BCUT2D eigenvalue weighted by Crippen LogP contribution is 2.19. The Hall–Kier alpha value is -0.980. The van der Waals surface area contributed by atoms with Gasteiger partial charge in [-0.1, -0.05) is 6.92 Å². The van der Waals surface area contributed by atoms with E-state index in [1.807, 2.05) is 5.38 Å². The summed E-state index contributed by atoms with van der Waals surface area (Å²) in [6.07, 6.45) is 2.52. The van der Waals surface area contributed by atoms with E-state index in [1.54, 1.807) is 18.4 Å². The van der Waals surface area contributed by atoms with Crippen molar-refractivity contribution in [1.82, 2.24) is 15.2 Å². The van der Waals surface area contributed by atoms with Crippen LogP contribution in [0, 0.1) is 5.92 Å². The van der Waals surface area contributed by atoms with Crippen LogP contribution in [-0.2, 0) is 11.3 Å². The van der Waals surface area contributed by atoms with Crippen LogP contribution in [0.15, 0.2) is 5.38 Å². The molecule has 1 amide bonds. The fraction of sp³-hybridized carbons (Fsp3) is 0.714. The van der Waals surface area contributed by atoms with Gasteiger partial charge in [-0.05, 0) is 31.8 Å². The van der Waals surface area contributed by atoms with E-state index in [-0.39, 0.29) is 5.91 Å². The highest BCUT2D eigenvalue weighted by atomic mass is 32.1. The first-order valence-electron chi connectivity index (χ1n) is 7.13. The number of ether oxygens (including phenoxy) is 1. The molecule has 5 nitrogen and oxygen atoms in total. The molecular formula is C14H23N3O2S. The zero-order valence-corrected chi connectivity index (χ0v) is 13.0. The number of carbonyl (C=O) groups is 1. The van der Waals surface area contributed by atoms with Crippen molar-refractivity contribution in [2.24, 2.45) is 5.92 Å². The molecular weight excluding hydrogens is 274 g/mol. The number of thiazole rings is 1. The Kier molecular flexibility index (Phi) is 5.94. The van der Waals surface area contributed by atoms with Gasteiger partial charge >= 0.3 is 0 Å². The molecule has 0 bridgehead atoms. The molecule has 1 aliphatic rings. The minimum atomic E-state index is -0.114. The lowest BCUT2D eigenvalue weighted by atomic mass is 9.99. The predicted molar refractivity (Wildman–Crippen MR) is 80.0 cm³/mol. The number of amides is 1. The number of nitrogens with one attached hydrogen (secondary N) is 1. The van der Waals surface area contributed by atoms with Gasteiger partial charge in [-0.2, -0.15) is 0 Å². The van der Waals surface area contributed by atoms with E-state index in [2.05, 4.69) is 22.1 Å². The van der Waals surface area contributed by atoms with E-state index in [9.17, 15) is 4.79 Å². The number of hydrogen-bond donors (Lipinski definition) is 1. The van der Waals surface area contributed by atoms with Gasteiger partial charge in [0.15, 0.2) is 0 Å². The van der Waals surface area contributed by atoms with Crippen LogP contribution in [0.4, 0.5) is 0 Å². The average molecular weight is 297 g/mol. The Morgan fingerprint density at radius 3 is 3.00 bits per heavy atom. The summed E-state index contributed by atoms with van der Waals surface area (Å²) >= 11 is 1.57. The molecule has 1 N–H and O–H groups in total. The summed E-state index contributed by atoms with van der Waals surface area (Å²) in [4.78, 5) is 18.7. The fourth-order valence-electron chi connectivity index (χ4n) is 2.26. The molecule has 0 saturated carbocycles. The van der Waals surface area contributed by atoms with Gasteiger partial charge in [0.25, 0.3) is 5.91 Å². The zero-order chi connectivity index (χ0) is 14.4. The minimum Gasteiger partial charge on any atom is -0.383 e. The van der Waals surface area contributed by atoms with Crippen LogP contribution in [0.3, 0.4) is 0 Å². The van der Waals surface area contributed by atoms with Crippen molar-refractivity contribution in [3.05, 3.63) is 16.1 Å². The van der Waals surface area contributed by atoms with E-state index in [1.165, 1.54) is 12.8 Å². The molecule has 0 radical (unpaired) electrons. The molecule has 1 aliphatic heterocycles. The van der Waals surface area contributed by atoms with E-state index in [0.717, 1.165) is 30.6 Å². The molecule has 1 aromatic heterocycles. The number of likely N-dealkylation sites (tertiary alicyclic amines) is 1. The van der Waals surface area contributed by atoms with Crippen LogP contribution in [0.1, 0.15) is 35.3 Å². The van der Waals surface area contributed by atoms with Crippen LogP contribution >= 0.6 is 11.3 Å². The van der Waals surface area contributed by atoms with Crippen molar-refractivity contribution >= 4 is 17.2 Å². The van der Waals surface area contributed by atoms with Crippen molar-refractivity contribution in [1.29, 1.82) is 0 Å². The summed E-state index contributed by atoms with van der Waals surface area (Å²) in [5.74, 6) is 0.724. The number of nitrogens with zero attached hydrogens (tertiary/aromatic N) is 2. The van der Waals surface area contributed by atoms with Gasteiger partial charge in [0.1, 0.15) is 10.7 Å². The summed E-state index contributed by atoms with van der Waals surface area (Å²) < 4.78 is 4.90. The van der Waals surface area contributed by atoms with Crippen molar-refractivity contribution < 1.29 is 9.53 Å². The molecule has 20 heavy (non-hydrogen) atoms. The van der Waals surface area contributed by atoms with Gasteiger partial charge in [0.2, 0.25) is 0 Å². The molecule has 0 unspecified atom stereocenters. The third-order valence-corrected chi connectivity index (χ3v) is 4.44. The van der Waals surface area contributed by atoms with E-state index < -0.39 is 0 Å². The minimum absolute atomic E-state index is 0.114. The predicted octanol–water partition coefficient (Wildman–Crippen LogP) is 1.75. The zero-order valence-electron chi connectivity index (χ0n) is 12.2. The number of carbonyl (C=O) groups excluding carboxylic acids is 1. The molecule has 112 valence electrons. The maximum Gasteiger partial charge on any atom is 0.270 e. The monoisotopic (exact) mass is 297 g/mol. The second-order valence-electron chi connectivity index (χ2n) is 5.33. The molecule has 1 aromatic rings. The number of methoxy groups -OCH3 is 1. The highest BCUT2D eigenvalue weighted by Gasteiger charge is 2.17. The van der Waals surface area contributed by atoms with E-state index in [4.69, 9.17) is 4.74 Å². The summed E-state index contributed by atoms with van der Waals surface area (Å²) in [6.45, 7) is 6.49. The lowest BCUT2D eigenvalue weighted by Gasteiger charge is -2.29. The molecule has 6 heteroatoms. The van der Waals surface area contributed by atoms with E-state index >= 15 is 0 Å². The molecule has 0 aliphatic carbocycles. The molecule has 0 aromatic carbocycles. The average Bonchev–Trinajstić information content (AvgIpc) is 2.90. The Labute approximate surface area is 124 Å². The molecule has 0 atom stereocenters. The molecule has 2 rings (SSSR count). The topological polar surface area (TPSA) is 54.5 Å². The molecule has 2 heterocycles. The van der Waals surface area contributed by atoms with Gasteiger partial charge in [-0.15, -0.1) is 11.3 Å². The SMILES string of the molecule is COCCNC(=O)c1csc(CN2CCC(C)CC2)n1. The lowest BCUT2D eigenvalue weighted by molar-refractivity contribution is 0.0932. The van der Waals surface area contributed by atoms with Crippen molar-refractivity contribution in [3.8, 4) is 0 Å². The normalized spacial score (nSPS) is 17.3.